The van der Waals surface area contributed by atoms with Gasteiger partial charge in [0.2, 0.25) is 0 Å². The molecule has 2 aliphatic heterocycles. The van der Waals surface area contributed by atoms with Crippen molar-refractivity contribution in [3.63, 3.8) is 0 Å². The van der Waals surface area contributed by atoms with Crippen LogP contribution in [0.15, 0.2) is 30.3 Å². The topological polar surface area (TPSA) is 53.3 Å². The molecule has 2 aromatic carbocycles. The lowest BCUT2D eigenvalue weighted by molar-refractivity contribution is -0.123. The lowest BCUT2D eigenvalue weighted by atomic mass is 9.86. The van der Waals surface area contributed by atoms with Crippen molar-refractivity contribution in [1.29, 1.82) is 5.26 Å². The van der Waals surface area contributed by atoms with E-state index in [2.05, 4.69) is 49.1 Å². The lowest BCUT2D eigenvalue weighted by Gasteiger charge is -2.42. The molecule has 2 bridgehead atoms. The highest BCUT2D eigenvalue weighted by Crippen LogP contribution is 2.44. The van der Waals surface area contributed by atoms with Crippen molar-refractivity contribution >= 4 is 16.6 Å². The monoisotopic (exact) mass is 444 g/mol. The van der Waals surface area contributed by atoms with Crippen molar-refractivity contribution in [2.75, 3.05) is 0 Å². The number of ketones is 1. The summed E-state index contributed by atoms with van der Waals surface area (Å²) in [6.45, 7) is 6.36. The minimum atomic E-state index is 0.221. The highest BCUT2D eigenvalue weighted by molar-refractivity contribution is 5.90. The van der Waals surface area contributed by atoms with E-state index >= 15 is 0 Å². The Morgan fingerprint density at radius 1 is 1.06 bits per heavy atom. The van der Waals surface area contributed by atoms with Crippen molar-refractivity contribution < 1.29 is 9.53 Å². The molecule has 0 aromatic heterocycles. The third kappa shape index (κ3) is 4.28. The maximum Gasteiger partial charge on any atom is 0.138 e. The molecule has 174 valence electrons. The van der Waals surface area contributed by atoms with Crippen LogP contribution < -0.4 is 4.74 Å². The molecular formula is C29H36N2O2. The number of carbonyl (C=O) groups is 1. The molecule has 0 spiro atoms. The number of fused-ring (bicyclic) bond motifs is 3. The largest absolute Gasteiger partial charge is 0.489 e. The van der Waals surface area contributed by atoms with Gasteiger partial charge in [-0.15, -0.1) is 0 Å². The SMILES string of the molecule is CC(=O)C1CC2CCC(C1)N2C(C)c1ccc2c(C#N)c(O[C@H]3CC[C@@H](C)CC3)ccc2c1. The number of nitriles is 1. The van der Waals surface area contributed by atoms with Gasteiger partial charge in [0.25, 0.3) is 0 Å². The van der Waals surface area contributed by atoms with Crippen LogP contribution in [-0.4, -0.2) is 28.9 Å². The van der Waals surface area contributed by atoms with Crippen molar-refractivity contribution in [3.05, 3.63) is 41.5 Å². The molecule has 0 N–H and O–H groups in total. The zero-order valence-electron chi connectivity index (χ0n) is 20.2. The first-order valence-electron chi connectivity index (χ1n) is 12.9. The first-order valence-corrected chi connectivity index (χ1v) is 12.9. The molecule has 1 saturated carbocycles. The first kappa shape index (κ1) is 22.4. The number of Topliss-reactive ketones (excluding diaryl/α,β-unsaturated/α-hetero) is 1. The van der Waals surface area contributed by atoms with Crippen LogP contribution in [-0.2, 0) is 4.79 Å². The van der Waals surface area contributed by atoms with Gasteiger partial charge in [-0.25, -0.2) is 0 Å². The summed E-state index contributed by atoms with van der Waals surface area (Å²) in [5, 5.41) is 12.0. The number of ether oxygens (including phenoxy) is 1. The summed E-state index contributed by atoms with van der Waals surface area (Å²) < 4.78 is 6.31. The number of piperidine rings is 1. The minimum absolute atomic E-state index is 0.221. The van der Waals surface area contributed by atoms with E-state index in [4.69, 9.17) is 4.74 Å². The van der Waals surface area contributed by atoms with Gasteiger partial charge < -0.3 is 4.74 Å². The van der Waals surface area contributed by atoms with Crippen molar-refractivity contribution in [2.24, 2.45) is 11.8 Å². The van der Waals surface area contributed by atoms with Gasteiger partial charge in [0.15, 0.2) is 0 Å². The van der Waals surface area contributed by atoms with Gasteiger partial charge in [-0.1, -0.05) is 25.1 Å². The van der Waals surface area contributed by atoms with E-state index in [9.17, 15) is 10.1 Å². The quantitative estimate of drug-likeness (QED) is 0.524. The fraction of sp³-hybridized carbons (Fsp3) is 0.586. The molecule has 2 saturated heterocycles. The third-order valence-electron chi connectivity index (χ3n) is 8.67. The average Bonchev–Trinajstić information content (AvgIpc) is 3.08. The summed E-state index contributed by atoms with van der Waals surface area (Å²) in [7, 11) is 0. The number of carbonyl (C=O) groups excluding carboxylic acids is 1. The number of hydrogen-bond donors (Lipinski definition) is 0. The second-order valence-electron chi connectivity index (χ2n) is 10.8. The summed E-state index contributed by atoms with van der Waals surface area (Å²) in [5.74, 6) is 2.11. The summed E-state index contributed by atoms with van der Waals surface area (Å²) >= 11 is 0. The number of benzene rings is 2. The van der Waals surface area contributed by atoms with Crippen LogP contribution in [0.5, 0.6) is 5.75 Å². The summed E-state index contributed by atoms with van der Waals surface area (Å²) in [5.41, 5.74) is 1.95. The molecule has 0 amide bonds. The van der Waals surface area contributed by atoms with E-state index in [-0.39, 0.29) is 12.0 Å². The van der Waals surface area contributed by atoms with Crippen LogP contribution in [0.3, 0.4) is 0 Å². The Kier molecular flexibility index (Phi) is 6.18. The Bertz CT molecular complexity index is 1060. The Balaban J connectivity index is 1.38. The molecule has 0 radical (unpaired) electrons. The Labute approximate surface area is 197 Å². The highest BCUT2D eigenvalue weighted by Gasteiger charge is 2.44. The Morgan fingerprint density at radius 3 is 2.39 bits per heavy atom. The van der Waals surface area contributed by atoms with E-state index in [1.54, 1.807) is 6.92 Å². The summed E-state index contributed by atoms with van der Waals surface area (Å²) in [6, 6.07) is 14.4. The minimum Gasteiger partial charge on any atom is -0.489 e. The van der Waals surface area contributed by atoms with Crippen LogP contribution in [0.1, 0.15) is 89.3 Å². The first-order chi connectivity index (χ1) is 15.9. The van der Waals surface area contributed by atoms with Crippen LogP contribution in [0, 0.1) is 23.2 Å². The Hall–Kier alpha value is -2.38. The van der Waals surface area contributed by atoms with Crippen LogP contribution in [0.25, 0.3) is 10.8 Å². The van der Waals surface area contributed by atoms with Gasteiger partial charge in [-0.2, -0.15) is 5.26 Å². The average molecular weight is 445 g/mol. The second-order valence-corrected chi connectivity index (χ2v) is 10.8. The smallest absolute Gasteiger partial charge is 0.138 e. The molecule has 3 fully saturated rings. The molecule has 2 heterocycles. The van der Waals surface area contributed by atoms with Crippen molar-refractivity contribution in [2.45, 2.75) is 96.4 Å². The molecule has 3 unspecified atom stereocenters. The zero-order chi connectivity index (χ0) is 23.1. The number of rotatable bonds is 5. The van der Waals surface area contributed by atoms with Gasteiger partial charge in [0.1, 0.15) is 23.2 Å². The van der Waals surface area contributed by atoms with Crippen molar-refractivity contribution in [1.82, 2.24) is 4.90 Å². The fourth-order valence-corrected chi connectivity index (χ4v) is 6.68. The van der Waals surface area contributed by atoms with Gasteiger partial charge in [-0.3, -0.25) is 9.69 Å². The predicted molar refractivity (Wildman–Crippen MR) is 131 cm³/mol. The molecule has 1 aliphatic carbocycles. The van der Waals surface area contributed by atoms with Crippen LogP contribution >= 0.6 is 0 Å². The lowest BCUT2D eigenvalue weighted by Crippen LogP contribution is -2.45. The molecule has 33 heavy (non-hydrogen) atoms. The molecule has 4 nitrogen and oxygen atoms in total. The second kappa shape index (κ2) is 9.11. The van der Waals surface area contributed by atoms with Crippen LogP contribution in [0.4, 0.5) is 0 Å². The summed E-state index contributed by atoms with van der Waals surface area (Å²) in [4.78, 5) is 14.6. The van der Waals surface area contributed by atoms with E-state index in [0.29, 0.717) is 29.5 Å². The third-order valence-corrected chi connectivity index (χ3v) is 8.67. The molecule has 5 rings (SSSR count). The maximum absolute atomic E-state index is 12.0. The fourth-order valence-electron chi connectivity index (χ4n) is 6.68. The number of nitrogens with zero attached hydrogens (tertiary/aromatic N) is 2. The van der Waals surface area contributed by atoms with Gasteiger partial charge >= 0.3 is 0 Å². The normalized spacial score (nSPS) is 30.7. The van der Waals surface area contributed by atoms with E-state index < -0.39 is 0 Å². The molecule has 2 aromatic rings. The van der Waals surface area contributed by atoms with Gasteiger partial charge in [0, 0.05) is 29.4 Å². The maximum atomic E-state index is 12.0. The molecule has 3 atom stereocenters. The molecule has 3 aliphatic rings. The number of hydrogen-bond acceptors (Lipinski definition) is 4. The molecule has 4 heteroatoms. The zero-order valence-corrected chi connectivity index (χ0v) is 20.2. The van der Waals surface area contributed by atoms with Crippen molar-refractivity contribution in [3.8, 4) is 11.8 Å². The van der Waals surface area contributed by atoms with Crippen LogP contribution in [0.2, 0.25) is 0 Å². The van der Waals surface area contributed by atoms with Gasteiger partial charge in [0.05, 0.1) is 6.10 Å². The standard InChI is InChI=1S/C29H36N2O2/c1-18-4-10-26(11-5-18)33-29-13-7-22-14-21(6-12-27(22)28(29)17-30)19(2)31-24-8-9-25(31)16-23(15-24)20(3)32/h6-7,12-14,18-19,23-26H,4-5,8-11,15-16H2,1-3H3/t18-,19?,23?,24?,25?,26+. The van der Waals surface area contributed by atoms with E-state index in [1.807, 2.05) is 6.07 Å². The van der Waals surface area contributed by atoms with E-state index in [0.717, 1.165) is 48.1 Å². The Morgan fingerprint density at radius 2 is 1.76 bits per heavy atom. The predicted octanol–water partition coefficient (Wildman–Crippen LogP) is 6.56. The van der Waals surface area contributed by atoms with Gasteiger partial charge in [-0.05, 0) is 94.2 Å². The highest BCUT2D eigenvalue weighted by atomic mass is 16.5. The molecular weight excluding hydrogens is 408 g/mol. The summed E-state index contributed by atoms with van der Waals surface area (Å²) in [6.07, 6.45) is 9.17. The van der Waals surface area contributed by atoms with E-state index in [1.165, 1.54) is 31.2 Å².